The number of hydrogen-bond acceptors (Lipinski definition) is 5. The molecule has 0 unspecified atom stereocenters. The van der Waals surface area contributed by atoms with Gasteiger partial charge in [0, 0.05) is 28.3 Å². The van der Waals surface area contributed by atoms with Gasteiger partial charge in [-0.25, -0.2) is 0 Å². The van der Waals surface area contributed by atoms with E-state index < -0.39 is 0 Å². The van der Waals surface area contributed by atoms with Crippen molar-refractivity contribution in [3.63, 3.8) is 0 Å². The van der Waals surface area contributed by atoms with Gasteiger partial charge in [-0.3, -0.25) is 4.79 Å². The number of carbonyl (C=O) groups is 1. The molecule has 0 aliphatic heterocycles. The molecule has 0 radical (unpaired) electrons. The first kappa shape index (κ1) is 16.0. The van der Waals surface area contributed by atoms with E-state index in [-0.39, 0.29) is 29.0 Å². The van der Waals surface area contributed by atoms with Gasteiger partial charge in [-0.2, -0.15) is 9.36 Å². The van der Waals surface area contributed by atoms with E-state index in [0.717, 1.165) is 17.2 Å². The number of aromatic nitrogens is 2. The molecule has 0 fully saturated rings. The molecule has 1 aromatic heterocycles. The van der Waals surface area contributed by atoms with Gasteiger partial charge >= 0.3 is 0 Å². The summed E-state index contributed by atoms with van der Waals surface area (Å²) in [5.74, 6) is -0.196. The predicted octanol–water partition coefficient (Wildman–Crippen LogP) is 3.67. The van der Waals surface area contributed by atoms with Crippen LogP contribution >= 0.6 is 34.7 Å². The fourth-order valence-electron chi connectivity index (χ4n) is 1.80. The molecule has 0 saturated heterocycles. The largest absolute Gasteiger partial charge is 0.459 e. The van der Waals surface area contributed by atoms with E-state index in [1.807, 2.05) is 19.9 Å². The predicted molar refractivity (Wildman–Crippen MR) is 84.5 cm³/mol. The van der Waals surface area contributed by atoms with Crippen molar-refractivity contribution in [2.24, 2.45) is 0 Å². The highest BCUT2D eigenvalue weighted by Gasteiger charge is 2.20. The lowest BCUT2D eigenvalue weighted by atomic mass is 10.2. The van der Waals surface area contributed by atoms with Crippen molar-refractivity contribution in [1.29, 1.82) is 0 Å². The molecule has 0 aliphatic rings. The average molecular weight is 346 g/mol. The lowest BCUT2D eigenvalue weighted by Crippen LogP contribution is -2.40. The molecule has 112 valence electrons. The number of halogens is 2. The van der Waals surface area contributed by atoms with Crippen LogP contribution in [0.5, 0.6) is 5.19 Å². The molecular formula is C13H13Cl2N3O2S. The Balaban J connectivity index is 2.09. The second-order valence-electron chi connectivity index (χ2n) is 4.46. The quantitative estimate of drug-likeness (QED) is 0.829. The van der Waals surface area contributed by atoms with Crippen LogP contribution in [0, 0.1) is 0 Å². The minimum absolute atomic E-state index is 0.0300. The van der Waals surface area contributed by atoms with Gasteiger partial charge in [0.2, 0.25) is 5.28 Å². The van der Waals surface area contributed by atoms with Crippen LogP contribution in [0.25, 0.3) is 0 Å². The third kappa shape index (κ3) is 4.30. The van der Waals surface area contributed by atoms with Gasteiger partial charge in [-0.05, 0) is 43.6 Å². The smallest absolute Gasteiger partial charge is 0.294 e. The fourth-order valence-corrected chi connectivity index (χ4v) is 2.65. The van der Waals surface area contributed by atoms with Crippen LogP contribution in [0.1, 0.15) is 13.8 Å². The fraction of sp³-hybridized carbons (Fsp3) is 0.308. The van der Waals surface area contributed by atoms with E-state index in [9.17, 15) is 4.79 Å². The maximum atomic E-state index is 12.4. The van der Waals surface area contributed by atoms with E-state index >= 15 is 0 Å². The first-order chi connectivity index (χ1) is 9.97. The van der Waals surface area contributed by atoms with Crippen LogP contribution in [0.3, 0.4) is 0 Å². The van der Waals surface area contributed by atoms with Gasteiger partial charge < -0.3 is 9.64 Å². The van der Waals surface area contributed by atoms with Crippen molar-refractivity contribution in [1.82, 2.24) is 9.36 Å². The zero-order chi connectivity index (χ0) is 15.4. The van der Waals surface area contributed by atoms with Crippen LogP contribution in [0.4, 0.5) is 5.69 Å². The summed E-state index contributed by atoms with van der Waals surface area (Å²) < 4.78 is 9.08. The lowest BCUT2D eigenvalue weighted by molar-refractivity contribution is -0.120. The van der Waals surface area contributed by atoms with Gasteiger partial charge in [-0.1, -0.05) is 17.7 Å². The summed E-state index contributed by atoms with van der Waals surface area (Å²) in [4.78, 5) is 17.8. The Kier molecular flexibility index (Phi) is 5.39. The monoisotopic (exact) mass is 345 g/mol. The molecule has 21 heavy (non-hydrogen) atoms. The Morgan fingerprint density at radius 1 is 1.43 bits per heavy atom. The molecule has 8 heteroatoms. The van der Waals surface area contributed by atoms with Crippen molar-refractivity contribution < 1.29 is 9.53 Å². The summed E-state index contributed by atoms with van der Waals surface area (Å²) in [5, 5.41) is 0.948. The molecule has 2 rings (SSSR count). The van der Waals surface area contributed by atoms with Crippen molar-refractivity contribution in [3.8, 4) is 5.19 Å². The van der Waals surface area contributed by atoms with Gasteiger partial charge in [0.25, 0.3) is 11.1 Å². The lowest BCUT2D eigenvalue weighted by Gasteiger charge is -2.26. The van der Waals surface area contributed by atoms with E-state index in [1.54, 1.807) is 23.1 Å². The first-order valence-corrected chi connectivity index (χ1v) is 7.70. The highest BCUT2D eigenvalue weighted by atomic mass is 35.5. The van der Waals surface area contributed by atoms with Crippen molar-refractivity contribution in [3.05, 3.63) is 34.6 Å². The zero-order valence-corrected chi connectivity index (χ0v) is 13.7. The van der Waals surface area contributed by atoms with Gasteiger partial charge in [-0.15, -0.1) is 0 Å². The normalized spacial score (nSPS) is 10.7. The maximum absolute atomic E-state index is 12.4. The van der Waals surface area contributed by atoms with Gasteiger partial charge in [0.1, 0.15) is 0 Å². The SMILES string of the molecule is CC(C)N(C(=O)COc1nc(Cl)ns1)c1cccc(Cl)c1. The van der Waals surface area contributed by atoms with Gasteiger partial charge in [0.15, 0.2) is 6.61 Å². The molecule has 0 N–H and O–H groups in total. The van der Waals surface area contributed by atoms with E-state index in [0.29, 0.717) is 5.02 Å². The molecule has 0 aliphatic carbocycles. The minimum Gasteiger partial charge on any atom is -0.459 e. The van der Waals surface area contributed by atoms with Crippen LogP contribution in [-0.4, -0.2) is 27.9 Å². The molecule has 1 amide bonds. The highest BCUT2D eigenvalue weighted by Crippen LogP contribution is 2.22. The molecule has 1 heterocycles. The minimum atomic E-state index is -0.196. The van der Waals surface area contributed by atoms with Crippen molar-refractivity contribution >= 4 is 46.3 Å². The molecule has 2 aromatic rings. The molecule has 0 saturated carbocycles. The zero-order valence-electron chi connectivity index (χ0n) is 11.4. The molecule has 1 aromatic carbocycles. The number of ether oxygens (including phenoxy) is 1. The summed E-state index contributed by atoms with van der Waals surface area (Å²) >= 11 is 12.6. The topological polar surface area (TPSA) is 55.3 Å². The molecule has 0 bridgehead atoms. The number of nitrogens with zero attached hydrogens (tertiary/aromatic N) is 3. The summed E-state index contributed by atoms with van der Waals surface area (Å²) in [6, 6.07) is 7.09. The molecule has 0 atom stereocenters. The van der Waals surface area contributed by atoms with Crippen LogP contribution in [-0.2, 0) is 4.79 Å². The Hall–Kier alpha value is -1.37. The van der Waals surface area contributed by atoms with Crippen molar-refractivity contribution in [2.45, 2.75) is 19.9 Å². The second-order valence-corrected chi connectivity index (χ2v) is 5.94. The summed E-state index contributed by atoms with van der Waals surface area (Å²) in [6.07, 6.45) is 0. The number of benzene rings is 1. The number of anilines is 1. The third-order valence-electron chi connectivity index (χ3n) is 2.57. The van der Waals surface area contributed by atoms with Crippen molar-refractivity contribution in [2.75, 3.05) is 11.5 Å². The van der Waals surface area contributed by atoms with Gasteiger partial charge in [0.05, 0.1) is 0 Å². The Labute approximate surface area is 136 Å². The summed E-state index contributed by atoms with van der Waals surface area (Å²) in [5.41, 5.74) is 0.724. The summed E-state index contributed by atoms with van der Waals surface area (Å²) in [7, 11) is 0. The van der Waals surface area contributed by atoms with Crippen LogP contribution in [0.2, 0.25) is 10.3 Å². The summed E-state index contributed by atoms with van der Waals surface area (Å²) in [6.45, 7) is 3.69. The highest BCUT2D eigenvalue weighted by molar-refractivity contribution is 7.07. The molecule has 0 spiro atoms. The Morgan fingerprint density at radius 2 is 2.19 bits per heavy atom. The molecule has 5 nitrogen and oxygen atoms in total. The van der Waals surface area contributed by atoms with E-state index in [4.69, 9.17) is 27.9 Å². The van der Waals surface area contributed by atoms with E-state index in [2.05, 4.69) is 9.36 Å². The third-order valence-corrected chi connectivity index (χ3v) is 3.71. The second kappa shape index (κ2) is 7.06. The number of rotatable bonds is 5. The maximum Gasteiger partial charge on any atom is 0.294 e. The Bertz CT molecular complexity index is 633. The number of carbonyl (C=O) groups excluding carboxylic acids is 1. The molecular weight excluding hydrogens is 333 g/mol. The van der Waals surface area contributed by atoms with E-state index in [1.165, 1.54) is 0 Å². The number of hydrogen-bond donors (Lipinski definition) is 0. The van der Waals surface area contributed by atoms with Crippen LogP contribution in [0.15, 0.2) is 24.3 Å². The first-order valence-electron chi connectivity index (χ1n) is 6.17. The van der Waals surface area contributed by atoms with Crippen LogP contribution < -0.4 is 9.64 Å². The standard InChI is InChI=1S/C13H13Cl2N3O2S/c1-8(2)18(10-5-3-4-9(14)6-10)11(19)7-20-13-16-12(15)17-21-13/h3-6,8H,7H2,1-2H3. The average Bonchev–Trinajstić information content (AvgIpc) is 2.82. The Morgan fingerprint density at radius 3 is 2.76 bits per heavy atom. The number of amides is 1.